The first-order valence-corrected chi connectivity index (χ1v) is 5.94. The van der Waals surface area contributed by atoms with E-state index in [0.29, 0.717) is 4.83 Å². The van der Waals surface area contributed by atoms with Crippen molar-refractivity contribution in [2.45, 2.75) is 24.1 Å². The number of hydrogen-bond acceptors (Lipinski definition) is 1. The summed E-state index contributed by atoms with van der Waals surface area (Å²) in [6.45, 7) is 0.870. The molecule has 0 fully saturated rings. The van der Waals surface area contributed by atoms with Crippen molar-refractivity contribution in [3.05, 3.63) is 35.9 Å². The Bertz CT molecular complexity index is 235. The van der Waals surface area contributed by atoms with Crippen LogP contribution in [0.1, 0.15) is 29.7 Å². The lowest BCUT2D eigenvalue weighted by Gasteiger charge is -2.09. The van der Waals surface area contributed by atoms with Gasteiger partial charge < -0.3 is 4.74 Å². The third-order valence-electron chi connectivity index (χ3n) is 2.22. The first-order valence-electron chi connectivity index (χ1n) is 5.02. The summed E-state index contributed by atoms with van der Waals surface area (Å²) < 4.78 is 5.01. The SMILES string of the molecule is COCCCCC(Br)c1ccccc1. The van der Waals surface area contributed by atoms with Crippen molar-refractivity contribution in [2.75, 3.05) is 13.7 Å². The molecule has 14 heavy (non-hydrogen) atoms. The molecule has 0 aliphatic carbocycles. The molecule has 1 aromatic carbocycles. The van der Waals surface area contributed by atoms with Crippen LogP contribution in [0.5, 0.6) is 0 Å². The van der Waals surface area contributed by atoms with Crippen molar-refractivity contribution in [1.82, 2.24) is 0 Å². The van der Waals surface area contributed by atoms with Crippen molar-refractivity contribution in [3.63, 3.8) is 0 Å². The number of benzene rings is 1. The van der Waals surface area contributed by atoms with Gasteiger partial charge in [0.1, 0.15) is 0 Å². The molecule has 78 valence electrons. The summed E-state index contributed by atoms with van der Waals surface area (Å²) in [5.74, 6) is 0. The average molecular weight is 257 g/mol. The highest BCUT2D eigenvalue weighted by atomic mass is 79.9. The Labute approximate surface area is 94.6 Å². The van der Waals surface area contributed by atoms with Crippen LogP contribution < -0.4 is 0 Å². The minimum atomic E-state index is 0.487. The molecule has 0 saturated carbocycles. The molecule has 0 aromatic heterocycles. The first kappa shape index (κ1) is 11.7. The molecular formula is C12H17BrO. The van der Waals surface area contributed by atoms with E-state index >= 15 is 0 Å². The zero-order chi connectivity index (χ0) is 10.2. The van der Waals surface area contributed by atoms with Crippen LogP contribution in [0.25, 0.3) is 0 Å². The summed E-state index contributed by atoms with van der Waals surface area (Å²) in [6, 6.07) is 10.5. The Morgan fingerprint density at radius 2 is 1.93 bits per heavy atom. The summed E-state index contributed by atoms with van der Waals surface area (Å²) in [7, 11) is 1.75. The van der Waals surface area contributed by atoms with Crippen LogP contribution in [-0.2, 0) is 4.74 Å². The second-order valence-electron chi connectivity index (χ2n) is 3.37. The molecule has 0 saturated heterocycles. The highest BCUT2D eigenvalue weighted by Crippen LogP contribution is 2.27. The largest absolute Gasteiger partial charge is 0.385 e. The van der Waals surface area contributed by atoms with Gasteiger partial charge >= 0.3 is 0 Å². The Balaban J connectivity index is 2.25. The van der Waals surface area contributed by atoms with Crippen LogP contribution in [0.4, 0.5) is 0 Å². The van der Waals surface area contributed by atoms with Gasteiger partial charge in [-0.15, -0.1) is 0 Å². The van der Waals surface area contributed by atoms with E-state index in [4.69, 9.17) is 4.74 Å². The normalized spacial score (nSPS) is 12.7. The van der Waals surface area contributed by atoms with Crippen molar-refractivity contribution in [2.24, 2.45) is 0 Å². The molecule has 0 aliphatic rings. The molecule has 0 radical (unpaired) electrons. The molecule has 0 N–H and O–H groups in total. The number of alkyl halides is 1. The highest BCUT2D eigenvalue weighted by Gasteiger charge is 2.05. The third-order valence-corrected chi connectivity index (χ3v) is 3.20. The van der Waals surface area contributed by atoms with E-state index in [1.807, 2.05) is 6.07 Å². The van der Waals surface area contributed by atoms with Crippen molar-refractivity contribution >= 4 is 15.9 Å². The van der Waals surface area contributed by atoms with Crippen molar-refractivity contribution < 1.29 is 4.74 Å². The van der Waals surface area contributed by atoms with Crippen LogP contribution in [0, 0.1) is 0 Å². The van der Waals surface area contributed by atoms with E-state index in [-0.39, 0.29) is 0 Å². The van der Waals surface area contributed by atoms with Gasteiger partial charge in [0.2, 0.25) is 0 Å². The van der Waals surface area contributed by atoms with Crippen LogP contribution in [0.3, 0.4) is 0 Å². The van der Waals surface area contributed by atoms with Crippen LogP contribution >= 0.6 is 15.9 Å². The molecule has 0 spiro atoms. The Morgan fingerprint density at radius 1 is 1.21 bits per heavy atom. The summed E-state index contributed by atoms with van der Waals surface area (Å²) in [4.78, 5) is 0.487. The highest BCUT2D eigenvalue weighted by molar-refractivity contribution is 9.09. The summed E-state index contributed by atoms with van der Waals surface area (Å²) >= 11 is 3.70. The predicted molar refractivity (Wildman–Crippen MR) is 63.8 cm³/mol. The van der Waals surface area contributed by atoms with E-state index in [1.54, 1.807) is 7.11 Å². The topological polar surface area (TPSA) is 9.23 Å². The summed E-state index contributed by atoms with van der Waals surface area (Å²) in [5, 5.41) is 0. The van der Waals surface area contributed by atoms with Gasteiger partial charge in [-0.25, -0.2) is 0 Å². The fraction of sp³-hybridized carbons (Fsp3) is 0.500. The van der Waals surface area contributed by atoms with Gasteiger partial charge in [0.05, 0.1) is 0 Å². The molecule has 1 unspecified atom stereocenters. The van der Waals surface area contributed by atoms with Crippen LogP contribution in [0.15, 0.2) is 30.3 Å². The smallest absolute Gasteiger partial charge is 0.0462 e. The second kappa shape index (κ2) is 7.02. The Kier molecular flexibility index (Phi) is 5.88. The number of hydrogen-bond donors (Lipinski definition) is 0. The fourth-order valence-corrected chi connectivity index (χ4v) is 2.03. The minimum Gasteiger partial charge on any atom is -0.385 e. The van der Waals surface area contributed by atoms with E-state index < -0.39 is 0 Å². The Hall–Kier alpha value is -0.340. The molecule has 2 heteroatoms. The second-order valence-corrected chi connectivity index (χ2v) is 4.47. The minimum absolute atomic E-state index is 0.487. The summed E-state index contributed by atoms with van der Waals surface area (Å²) in [5.41, 5.74) is 1.37. The summed E-state index contributed by atoms with van der Waals surface area (Å²) in [6.07, 6.45) is 3.53. The predicted octanol–water partition coefficient (Wildman–Crippen LogP) is 3.94. The van der Waals surface area contributed by atoms with E-state index in [9.17, 15) is 0 Å². The monoisotopic (exact) mass is 256 g/mol. The molecule has 0 aliphatic heterocycles. The molecular weight excluding hydrogens is 240 g/mol. The number of unbranched alkanes of at least 4 members (excludes halogenated alkanes) is 1. The first-order chi connectivity index (χ1) is 6.84. The number of methoxy groups -OCH3 is 1. The number of ether oxygens (including phenoxy) is 1. The molecule has 0 bridgehead atoms. The van der Waals surface area contributed by atoms with Gasteiger partial charge in [0.15, 0.2) is 0 Å². The van der Waals surface area contributed by atoms with Gasteiger partial charge in [-0.1, -0.05) is 46.3 Å². The number of halogens is 1. The van der Waals surface area contributed by atoms with Crippen molar-refractivity contribution in [3.8, 4) is 0 Å². The van der Waals surface area contributed by atoms with E-state index in [2.05, 4.69) is 40.2 Å². The molecule has 1 rings (SSSR count). The molecule has 0 heterocycles. The van der Waals surface area contributed by atoms with E-state index in [0.717, 1.165) is 13.0 Å². The lowest BCUT2D eigenvalue weighted by atomic mass is 10.1. The molecule has 1 atom stereocenters. The number of rotatable bonds is 6. The maximum absolute atomic E-state index is 5.01. The quantitative estimate of drug-likeness (QED) is 0.554. The molecule has 1 nitrogen and oxygen atoms in total. The zero-order valence-electron chi connectivity index (χ0n) is 8.58. The zero-order valence-corrected chi connectivity index (χ0v) is 10.2. The van der Waals surface area contributed by atoms with E-state index in [1.165, 1.54) is 18.4 Å². The molecule has 0 amide bonds. The fourth-order valence-electron chi connectivity index (χ4n) is 1.40. The van der Waals surface area contributed by atoms with Gasteiger partial charge in [0, 0.05) is 18.5 Å². The average Bonchev–Trinajstić information content (AvgIpc) is 2.25. The lowest BCUT2D eigenvalue weighted by Crippen LogP contribution is -1.92. The Morgan fingerprint density at radius 3 is 2.57 bits per heavy atom. The molecule has 1 aromatic rings. The third kappa shape index (κ3) is 4.25. The van der Waals surface area contributed by atoms with Crippen LogP contribution in [0.2, 0.25) is 0 Å². The van der Waals surface area contributed by atoms with Gasteiger partial charge in [-0.2, -0.15) is 0 Å². The maximum Gasteiger partial charge on any atom is 0.0462 e. The van der Waals surface area contributed by atoms with Crippen molar-refractivity contribution in [1.29, 1.82) is 0 Å². The van der Waals surface area contributed by atoms with Gasteiger partial charge in [-0.05, 0) is 24.8 Å². The van der Waals surface area contributed by atoms with Crippen LogP contribution in [-0.4, -0.2) is 13.7 Å². The standard InChI is InChI=1S/C12H17BrO/c1-14-10-6-5-9-12(13)11-7-3-2-4-8-11/h2-4,7-8,12H,5-6,9-10H2,1H3. The van der Waals surface area contributed by atoms with Gasteiger partial charge in [-0.3, -0.25) is 0 Å². The van der Waals surface area contributed by atoms with Gasteiger partial charge in [0.25, 0.3) is 0 Å². The lowest BCUT2D eigenvalue weighted by molar-refractivity contribution is 0.192. The maximum atomic E-state index is 5.01.